The third kappa shape index (κ3) is 5.92. The highest BCUT2D eigenvalue weighted by atomic mass is 19.1. The first-order valence-corrected chi connectivity index (χ1v) is 11.2. The van der Waals surface area contributed by atoms with Crippen LogP contribution in [0.3, 0.4) is 0 Å². The van der Waals surface area contributed by atoms with Crippen molar-refractivity contribution in [3.05, 3.63) is 103 Å². The zero-order valence-electron chi connectivity index (χ0n) is 19.8. The van der Waals surface area contributed by atoms with E-state index in [0.29, 0.717) is 23.1 Å². The first kappa shape index (κ1) is 23.7. The highest BCUT2D eigenvalue weighted by Crippen LogP contribution is 2.28. The summed E-state index contributed by atoms with van der Waals surface area (Å²) in [4.78, 5) is 25.8. The molecule has 0 unspecified atom stereocenters. The normalized spacial score (nSPS) is 11.4. The van der Waals surface area contributed by atoms with E-state index in [-0.39, 0.29) is 11.9 Å². The van der Waals surface area contributed by atoms with Gasteiger partial charge < -0.3 is 15.5 Å². The Balaban J connectivity index is 1.65. The lowest BCUT2D eigenvalue weighted by molar-refractivity contribution is 0.259. The highest BCUT2D eigenvalue weighted by molar-refractivity contribution is 6.06. The molecule has 0 saturated heterocycles. The minimum atomic E-state index is -0.435. The SMILES string of the molecule is C[C@H](Nc1nccc(N(C(=O)Nc2ccc(F)cc2)c2ccc(N(C)C)cc2)n1)c1ccccc1. The van der Waals surface area contributed by atoms with Crippen molar-refractivity contribution < 1.29 is 9.18 Å². The minimum Gasteiger partial charge on any atom is -0.378 e. The Morgan fingerprint density at radius 2 is 1.54 bits per heavy atom. The summed E-state index contributed by atoms with van der Waals surface area (Å²) in [5, 5.41) is 6.11. The lowest BCUT2D eigenvalue weighted by Crippen LogP contribution is -2.31. The van der Waals surface area contributed by atoms with Crippen LogP contribution in [0.4, 0.5) is 38.0 Å². The summed E-state index contributed by atoms with van der Waals surface area (Å²) >= 11 is 0. The zero-order chi connectivity index (χ0) is 24.8. The quantitative estimate of drug-likeness (QED) is 0.335. The number of hydrogen-bond acceptors (Lipinski definition) is 5. The number of aromatic nitrogens is 2. The molecular weight excluding hydrogens is 443 g/mol. The molecule has 0 saturated carbocycles. The van der Waals surface area contributed by atoms with Crippen molar-refractivity contribution in [3.8, 4) is 0 Å². The topological polar surface area (TPSA) is 73.4 Å². The third-order valence-corrected chi connectivity index (χ3v) is 5.44. The fourth-order valence-electron chi connectivity index (χ4n) is 3.53. The van der Waals surface area contributed by atoms with Gasteiger partial charge in [-0.3, -0.25) is 0 Å². The van der Waals surface area contributed by atoms with Gasteiger partial charge in [-0.25, -0.2) is 19.1 Å². The van der Waals surface area contributed by atoms with Gasteiger partial charge >= 0.3 is 6.03 Å². The van der Waals surface area contributed by atoms with Gasteiger partial charge in [0.1, 0.15) is 11.6 Å². The molecule has 4 rings (SSSR count). The van der Waals surface area contributed by atoms with Crippen LogP contribution in [0, 0.1) is 5.82 Å². The van der Waals surface area contributed by atoms with Crippen LogP contribution in [-0.4, -0.2) is 30.1 Å². The zero-order valence-corrected chi connectivity index (χ0v) is 19.8. The largest absolute Gasteiger partial charge is 0.378 e. The Bertz CT molecular complexity index is 1260. The van der Waals surface area contributed by atoms with Gasteiger partial charge in [0.25, 0.3) is 0 Å². The van der Waals surface area contributed by atoms with Crippen LogP contribution < -0.4 is 20.4 Å². The minimum absolute atomic E-state index is 0.0349. The summed E-state index contributed by atoms with van der Waals surface area (Å²) in [6, 6.07) is 24.3. The number of nitrogens with zero attached hydrogens (tertiary/aromatic N) is 4. The van der Waals surface area contributed by atoms with Crippen LogP contribution in [0.15, 0.2) is 91.1 Å². The van der Waals surface area contributed by atoms with Crippen LogP contribution in [0.5, 0.6) is 0 Å². The Morgan fingerprint density at radius 3 is 2.20 bits per heavy atom. The van der Waals surface area contributed by atoms with Crippen LogP contribution in [0.25, 0.3) is 0 Å². The summed E-state index contributed by atoms with van der Waals surface area (Å²) in [7, 11) is 3.90. The number of urea groups is 1. The maximum absolute atomic E-state index is 13.4. The van der Waals surface area contributed by atoms with Crippen molar-refractivity contribution in [2.24, 2.45) is 0 Å². The molecule has 8 heteroatoms. The molecule has 0 aliphatic carbocycles. The van der Waals surface area contributed by atoms with Gasteiger partial charge in [-0.05, 0) is 61.0 Å². The molecule has 4 aromatic rings. The van der Waals surface area contributed by atoms with Crippen LogP contribution >= 0.6 is 0 Å². The molecule has 1 atom stereocenters. The van der Waals surface area contributed by atoms with Crippen molar-refractivity contribution in [2.45, 2.75) is 13.0 Å². The number of hydrogen-bond donors (Lipinski definition) is 2. The van der Waals surface area contributed by atoms with Crippen molar-refractivity contribution in [3.63, 3.8) is 0 Å². The Hall–Kier alpha value is -4.46. The third-order valence-electron chi connectivity index (χ3n) is 5.44. The first-order chi connectivity index (χ1) is 16.9. The van der Waals surface area contributed by atoms with Crippen molar-refractivity contribution in [1.82, 2.24) is 9.97 Å². The van der Waals surface area contributed by atoms with Crippen LogP contribution in [0.1, 0.15) is 18.5 Å². The van der Waals surface area contributed by atoms with E-state index >= 15 is 0 Å². The summed E-state index contributed by atoms with van der Waals surface area (Å²) in [6.07, 6.45) is 1.61. The average Bonchev–Trinajstić information content (AvgIpc) is 2.87. The Kier molecular flexibility index (Phi) is 7.21. The Morgan fingerprint density at radius 1 is 0.886 bits per heavy atom. The molecule has 0 radical (unpaired) electrons. The van der Waals surface area contributed by atoms with Gasteiger partial charge in [-0.15, -0.1) is 0 Å². The smallest absolute Gasteiger partial charge is 0.332 e. The molecule has 35 heavy (non-hydrogen) atoms. The van der Waals surface area contributed by atoms with E-state index < -0.39 is 6.03 Å². The summed E-state index contributed by atoms with van der Waals surface area (Å²) in [5.41, 5.74) is 3.17. The fraction of sp³-hybridized carbons (Fsp3) is 0.148. The molecule has 3 aromatic carbocycles. The van der Waals surface area contributed by atoms with Gasteiger partial charge in [0.2, 0.25) is 5.95 Å². The molecule has 0 aliphatic heterocycles. The maximum Gasteiger partial charge on any atom is 0.332 e. The van der Waals surface area contributed by atoms with Crippen molar-refractivity contribution >= 4 is 34.9 Å². The lowest BCUT2D eigenvalue weighted by Gasteiger charge is -2.24. The maximum atomic E-state index is 13.4. The molecule has 1 heterocycles. The number of carbonyl (C=O) groups excluding carboxylic acids is 1. The summed E-state index contributed by atoms with van der Waals surface area (Å²) < 4.78 is 13.3. The summed E-state index contributed by atoms with van der Waals surface area (Å²) in [5.74, 6) is 0.404. The lowest BCUT2D eigenvalue weighted by atomic mass is 10.1. The van der Waals surface area contributed by atoms with Crippen molar-refractivity contribution in [1.29, 1.82) is 0 Å². The second kappa shape index (κ2) is 10.6. The molecule has 0 fully saturated rings. The van der Waals surface area contributed by atoms with E-state index in [2.05, 4.69) is 20.6 Å². The molecule has 178 valence electrons. The van der Waals surface area contributed by atoms with E-state index in [9.17, 15) is 9.18 Å². The van der Waals surface area contributed by atoms with E-state index in [0.717, 1.165) is 11.3 Å². The van der Waals surface area contributed by atoms with E-state index in [1.165, 1.54) is 29.2 Å². The van der Waals surface area contributed by atoms with E-state index in [1.54, 1.807) is 12.3 Å². The number of rotatable bonds is 7. The van der Waals surface area contributed by atoms with Gasteiger partial charge in [0, 0.05) is 37.7 Å². The first-order valence-electron chi connectivity index (χ1n) is 11.2. The highest BCUT2D eigenvalue weighted by Gasteiger charge is 2.21. The molecule has 2 amide bonds. The fourth-order valence-corrected chi connectivity index (χ4v) is 3.53. The average molecular weight is 471 g/mol. The monoisotopic (exact) mass is 470 g/mol. The standard InChI is InChI=1S/C27H27FN6O/c1-19(20-7-5-4-6-8-20)30-26-29-18-17-25(32-26)34(24-15-13-23(14-16-24)33(2)3)27(35)31-22-11-9-21(28)10-12-22/h4-19H,1-3H3,(H,31,35)(H,29,30,32)/t19-/m0/s1. The number of amides is 2. The number of nitrogens with one attached hydrogen (secondary N) is 2. The second-order valence-electron chi connectivity index (χ2n) is 8.20. The van der Waals surface area contributed by atoms with Gasteiger partial charge in [0.05, 0.1) is 11.7 Å². The molecule has 1 aromatic heterocycles. The van der Waals surface area contributed by atoms with Gasteiger partial charge in [-0.2, -0.15) is 4.98 Å². The summed E-state index contributed by atoms with van der Waals surface area (Å²) in [6.45, 7) is 2.02. The molecule has 0 spiro atoms. The number of anilines is 5. The molecule has 0 bridgehead atoms. The van der Waals surface area contributed by atoms with Gasteiger partial charge in [-0.1, -0.05) is 30.3 Å². The molecular formula is C27H27FN6O. The van der Waals surface area contributed by atoms with E-state index in [1.807, 2.05) is 80.5 Å². The second-order valence-corrected chi connectivity index (χ2v) is 8.20. The molecule has 2 N–H and O–H groups in total. The van der Waals surface area contributed by atoms with Crippen molar-refractivity contribution in [2.75, 3.05) is 34.5 Å². The van der Waals surface area contributed by atoms with E-state index in [4.69, 9.17) is 0 Å². The number of halogens is 1. The molecule has 7 nitrogen and oxygen atoms in total. The number of carbonyl (C=O) groups is 1. The number of benzene rings is 3. The van der Waals surface area contributed by atoms with Crippen LogP contribution in [-0.2, 0) is 0 Å². The predicted molar refractivity (Wildman–Crippen MR) is 139 cm³/mol. The predicted octanol–water partition coefficient (Wildman–Crippen LogP) is 6.23. The molecule has 0 aliphatic rings. The Labute approximate surface area is 204 Å². The van der Waals surface area contributed by atoms with Gasteiger partial charge in [0.15, 0.2) is 0 Å². The van der Waals surface area contributed by atoms with Crippen LogP contribution in [0.2, 0.25) is 0 Å².